The maximum Gasteiger partial charge on any atom is 0.308 e. The van der Waals surface area contributed by atoms with Crippen molar-refractivity contribution in [3.63, 3.8) is 0 Å². The molecule has 0 radical (unpaired) electrons. The van der Waals surface area contributed by atoms with Gasteiger partial charge in [0.1, 0.15) is 0 Å². The lowest BCUT2D eigenvalue weighted by Crippen LogP contribution is -2.32. The zero-order valence-electron chi connectivity index (χ0n) is 10.7. The Bertz CT molecular complexity index is 588. The minimum Gasteiger partial charge on any atom is -0.376 e. The van der Waals surface area contributed by atoms with Crippen molar-refractivity contribution >= 4 is 11.6 Å². The minimum absolute atomic E-state index is 0.0606. The first-order chi connectivity index (χ1) is 9.91. The van der Waals surface area contributed by atoms with Crippen molar-refractivity contribution in [2.24, 2.45) is 0 Å². The molecule has 0 aromatic heterocycles. The highest BCUT2D eigenvalue weighted by atomic mass is 19.2. The topological polar surface area (TPSA) is 81.5 Å². The molecule has 114 valence electrons. The van der Waals surface area contributed by atoms with Crippen LogP contribution in [0.4, 0.5) is 18.9 Å². The summed E-state index contributed by atoms with van der Waals surface area (Å²) in [5.41, 5.74) is -2.21. The van der Waals surface area contributed by atoms with Gasteiger partial charge in [-0.05, 0) is 12.8 Å². The highest BCUT2D eigenvalue weighted by molar-refractivity contribution is 5.95. The number of hydrogen-bond donors (Lipinski definition) is 1. The highest BCUT2D eigenvalue weighted by Crippen LogP contribution is 2.25. The fraction of sp³-hybridized carbons (Fsp3) is 0.417. The van der Waals surface area contributed by atoms with Crippen molar-refractivity contribution in [3.8, 4) is 0 Å². The smallest absolute Gasteiger partial charge is 0.308 e. The molecule has 6 nitrogen and oxygen atoms in total. The van der Waals surface area contributed by atoms with E-state index in [1.807, 2.05) is 0 Å². The largest absolute Gasteiger partial charge is 0.376 e. The van der Waals surface area contributed by atoms with Crippen molar-refractivity contribution in [2.45, 2.75) is 18.9 Å². The monoisotopic (exact) mass is 304 g/mol. The molecule has 1 saturated heterocycles. The Labute approximate surface area is 117 Å². The van der Waals surface area contributed by atoms with Crippen LogP contribution in [0.5, 0.6) is 0 Å². The first-order valence-corrected chi connectivity index (χ1v) is 6.13. The second kappa shape index (κ2) is 6.08. The van der Waals surface area contributed by atoms with Crippen LogP contribution in [0.1, 0.15) is 23.2 Å². The lowest BCUT2D eigenvalue weighted by molar-refractivity contribution is -0.387. The lowest BCUT2D eigenvalue weighted by atomic mass is 10.1. The summed E-state index contributed by atoms with van der Waals surface area (Å²) in [6, 6.07) is 0.374. The molecule has 1 aliphatic heterocycles. The van der Waals surface area contributed by atoms with Gasteiger partial charge in [0.2, 0.25) is 11.6 Å². The highest BCUT2D eigenvalue weighted by Gasteiger charge is 2.28. The molecule has 0 saturated carbocycles. The van der Waals surface area contributed by atoms with Crippen LogP contribution in [0.3, 0.4) is 0 Å². The number of carbonyl (C=O) groups is 1. The molecule has 1 atom stereocenters. The number of ether oxygens (including phenoxy) is 1. The van der Waals surface area contributed by atoms with Crippen LogP contribution in [0.2, 0.25) is 0 Å². The van der Waals surface area contributed by atoms with Gasteiger partial charge >= 0.3 is 5.69 Å². The summed E-state index contributed by atoms with van der Waals surface area (Å²) < 4.78 is 45.2. The molecular weight excluding hydrogens is 293 g/mol. The summed E-state index contributed by atoms with van der Waals surface area (Å²) >= 11 is 0. The minimum atomic E-state index is -2.05. The number of carbonyl (C=O) groups excluding carboxylic acids is 1. The van der Waals surface area contributed by atoms with Crippen LogP contribution >= 0.6 is 0 Å². The van der Waals surface area contributed by atoms with Crippen LogP contribution in [0.15, 0.2) is 6.07 Å². The molecule has 0 aliphatic carbocycles. The average molecular weight is 304 g/mol. The van der Waals surface area contributed by atoms with Gasteiger partial charge in [0.05, 0.1) is 16.6 Å². The van der Waals surface area contributed by atoms with E-state index in [0.29, 0.717) is 19.1 Å². The van der Waals surface area contributed by atoms with Gasteiger partial charge in [0.25, 0.3) is 5.91 Å². The van der Waals surface area contributed by atoms with Gasteiger partial charge in [-0.1, -0.05) is 0 Å². The third-order valence-corrected chi connectivity index (χ3v) is 3.08. The van der Waals surface area contributed by atoms with Gasteiger partial charge < -0.3 is 10.1 Å². The molecular formula is C12H11F3N2O4. The number of amides is 1. The second-order valence-electron chi connectivity index (χ2n) is 4.49. The summed E-state index contributed by atoms with van der Waals surface area (Å²) in [6.07, 6.45) is 1.30. The standard InChI is InChI=1S/C12H11F3N2O4/c13-9-7(4-8(17(19)20)10(14)11(9)15)12(18)16-5-6-2-1-3-21-6/h4,6H,1-3,5H2,(H,16,18). The molecule has 0 bridgehead atoms. The van der Waals surface area contributed by atoms with Gasteiger partial charge in [-0.2, -0.15) is 4.39 Å². The fourth-order valence-electron chi connectivity index (χ4n) is 2.00. The molecule has 1 aliphatic rings. The molecule has 0 spiro atoms. The van der Waals surface area contributed by atoms with E-state index >= 15 is 0 Å². The van der Waals surface area contributed by atoms with Gasteiger partial charge in [0.15, 0.2) is 5.82 Å². The van der Waals surface area contributed by atoms with Crippen LogP contribution in [0, 0.1) is 27.6 Å². The van der Waals surface area contributed by atoms with Crippen LogP contribution < -0.4 is 5.32 Å². The average Bonchev–Trinajstić information content (AvgIpc) is 2.95. The van der Waals surface area contributed by atoms with Crippen LogP contribution in [0.25, 0.3) is 0 Å². The van der Waals surface area contributed by atoms with Gasteiger partial charge in [-0.15, -0.1) is 0 Å². The van der Waals surface area contributed by atoms with Crippen molar-refractivity contribution in [3.05, 3.63) is 39.2 Å². The van der Waals surface area contributed by atoms with Crippen molar-refractivity contribution in [2.75, 3.05) is 13.2 Å². The molecule has 1 amide bonds. The van der Waals surface area contributed by atoms with Crippen LogP contribution in [-0.4, -0.2) is 30.1 Å². The van der Waals surface area contributed by atoms with Crippen molar-refractivity contribution < 1.29 is 27.6 Å². The summed E-state index contributed by atoms with van der Waals surface area (Å²) in [5, 5.41) is 12.8. The quantitative estimate of drug-likeness (QED) is 0.523. The Morgan fingerprint density at radius 3 is 2.67 bits per heavy atom. The molecule has 1 fully saturated rings. The Kier molecular flexibility index (Phi) is 4.41. The Morgan fingerprint density at radius 2 is 2.10 bits per heavy atom. The molecule has 21 heavy (non-hydrogen) atoms. The van der Waals surface area contributed by atoms with Gasteiger partial charge in [-0.25, -0.2) is 8.78 Å². The maximum atomic E-state index is 13.5. The van der Waals surface area contributed by atoms with Crippen LogP contribution in [-0.2, 0) is 4.74 Å². The van der Waals surface area contributed by atoms with E-state index < -0.39 is 39.5 Å². The van der Waals surface area contributed by atoms with Crippen molar-refractivity contribution in [1.82, 2.24) is 5.32 Å². The zero-order valence-corrected chi connectivity index (χ0v) is 10.7. The Balaban J connectivity index is 2.21. The van der Waals surface area contributed by atoms with E-state index in [4.69, 9.17) is 4.74 Å². The maximum absolute atomic E-state index is 13.5. The number of benzene rings is 1. The first kappa shape index (κ1) is 15.2. The fourth-order valence-corrected chi connectivity index (χ4v) is 2.00. The predicted octanol–water partition coefficient (Wildman–Crippen LogP) is 1.92. The zero-order chi connectivity index (χ0) is 15.6. The summed E-state index contributed by atoms with van der Waals surface area (Å²) in [6.45, 7) is 0.608. The van der Waals surface area contributed by atoms with E-state index in [9.17, 15) is 28.1 Å². The second-order valence-corrected chi connectivity index (χ2v) is 4.49. The summed E-state index contributed by atoms with van der Waals surface area (Å²) in [5.74, 6) is -6.81. The number of nitrogens with one attached hydrogen (secondary N) is 1. The third kappa shape index (κ3) is 3.13. The Hall–Kier alpha value is -2.16. The number of rotatable bonds is 4. The molecule has 2 rings (SSSR count). The van der Waals surface area contributed by atoms with E-state index in [-0.39, 0.29) is 12.6 Å². The van der Waals surface area contributed by atoms with E-state index in [2.05, 4.69) is 5.32 Å². The van der Waals surface area contributed by atoms with E-state index in [0.717, 1.165) is 6.42 Å². The molecule has 1 aromatic carbocycles. The number of nitrogens with zero attached hydrogens (tertiary/aromatic N) is 1. The number of hydrogen-bond acceptors (Lipinski definition) is 4. The molecule has 9 heteroatoms. The Morgan fingerprint density at radius 1 is 1.38 bits per heavy atom. The lowest BCUT2D eigenvalue weighted by Gasteiger charge is -2.11. The molecule has 1 unspecified atom stereocenters. The summed E-state index contributed by atoms with van der Waals surface area (Å²) in [4.78, 5) is 21.1. The van der Waals surface area contributed by atoms with E-state index in [1.165, 1.54) is 0 Å². The normalized spacial score (nSPS) is 17.8. The first-order valence-electron chi connectivity index (χ1n) is 6.13. The molecule has 1 N–H and O–H groups in total. The molecule has 1 aromatic rings. The van der Waals surface area contributed by atoms with Gasteiger partial charge in [0, 0.05) is 19.2 Å². The SMILES string of the molecule is O=C(NCC1CCCO1)c1cc([N+](=O)[O-])c(F)c(F)c1F. The number of nitro groups is 1. The molecule has 1 heterocycles. The summed E-state index contributed by atoms with van der Waals surface area (Å²) in [7, 11) is 0. The number of halogens is 3. The number of nitro benzene ring substituents is 1. The van der Waals surface area contributed by atoms with Gasteiger partial charge in [-0.3, -0.25) is 14.9 Å². The van der Waals surface area contributed by atoms with E-state index in [1.54, 1.807) is 0 Å². The predicted molar refractivity (Wildman–Crippen MR) is 64.3 cm³/mol. The third-order valence-electron chi connectivity index (χ3n) is 3.08. The van der Waals surface area contributed by atoms with Crippen molar-refractivity contribution in [1.29, 1.82) is 0 Å².